The third kappa shape index (κ3) is 2.63. The van der Waals surface area contributed by atoms with E-state index >= 15 is 0 Å². The molecule has 0 unspecified atom stereocenters. The number of guanidine groups is 1. The van der Waals surface area contributed by atoms with Gasteiger partial charge in [0.2, 0.25) is 0 Å². The molecule has 0 aliphatic carbocycles. The fourth-order valence-electron chi connectivity index (χ4n) is 1.07. The molecular weight excluding hydrogens is 202 g/mol. The van der Waals surface area contributed by atoms with Crippen LogP contribution in [0.4, 0.5) is 0 Å². The van der Waals surface area contributed by atoms with Crippen molar-refractivity contribution in [3.05, 3.63) is 16.9 Å². The van der Waals surface area contributed by atoms with Crippen LogP contribution in [0.2, 0.25) is 5.02 Å². The molecule has 0 radical (unpaired) electrons. The van der Waals surface area contributed by atoms with Crippen molar-refractivity contribution in [2.45, 2.75) is 6.54 Å². The molecule has 14 heavy (non-hydrogen) atoms. The van der Waals surface area contributed by atoms with Crippen LogP contribution in [0.15, 0.2) is 11.2 Å². The monoisotopic (exact) mass is 215 g/mol. The summed E-state index contributed by atoms with van der Waals surface area (Å²) >= 11 is 5.93. The molecular formula is C8H14ClN5. The topological polar surface area (TPSA) is 54.2 Å². The number of rotatable bonds is 2. The van der Waals surface area contributed by atoms with E-state index in [-0.39, 0.29) is 0 Å². The maximum Gasteiger partial charge on any atom is 0.191 e. The van der Waals surface area contributed by atoms with Gasteiger partial charge in [0.25, 0.3) is 0 Å². The average molecular weight is 216 g/mol. The molecule has 0 aromatic carbocycles. The van der Waals surface area contributed by atoms with Crippen molar-refractivity contribution in [1.29, 1.82) is 0 Å². The van der Waals surface area contributed by atoms with Crippen LogP contribution in [0.25, 0.3) is 0 Å². The van der Waals surface area contributed by atoms with E-state index in [1.807, 2.05) is 7.05 Å². The number of aromatic nitrogens is 2. The Morgan fingerprint density at radius 1 is 1.71 bits per heavy atom. The van der Waals surface area contributed by atoms with Gasteiger partial charge in [-0.25, -0.2) is 0 Å². The van der Waals surface area contributed by atoms with Gasteiger partial charge in [0.1, 0.15) is 5.69 Å². The summed E-state index contributed by atoms with van der Waals surface area (Å²) in [5.74, 6) is 0.715. The quantitative estimate of drug-likeness (QED) is 0.554. The Morgan fingerprint density at radius 3 is 2.86 bits per heavy atom. The molecule has 0 amide bonds. The predicted molar refractivity (Wildman–Crippen MR) is 57.5 cm³/mol. The molecule has 0 spiro atoms. The second-order valence-corrected chi connectivity index (χ2v) is 3.18. The first kappa shape index (κ1) is 10.8. The maximum absolute atomic E-state index is 5.93. The number of halogens is 1. The number of nitrogens with zero attached hydrogens (tertiary/aromatic N) is 3. The molecule has 6 heteroatoms. The standard InChI is InChI=1S/C8H14ClN5/c1-10-8(11-2)12-4-7-6(9)5-14(3)13-7/h5H,4H2,1-3H3,(H2,10,11,12). The highest BCUT2D eigenvalue weighted by molar-refractivity contribution is 6.31. The number of aryl methyl sites for hydroxylation is 1. The lowest BCUT2D eigenvalue weighted by atomic mass is 10.4. The third-order valence-electron chi connectivity index (χ3n) is 1.74. The van der Waals surface area contributed by atoms with Crippen LogP contribution in [0.1, 0.15) is 5.69 Å². The van der Waals surface area contributed by atoms with Crippen molar-refractivity contribution in [2.75, 3.05) is 14.1 Å². The lowest BCUT2D eigenvalue weighted by molar-refractivity contribution is 0.726. The Kier molecular flexibility index (Phi) is 3.76. The normalized spacial score (nSPS) is 11.6. The van der Waals surface area contributed by atoms with Gasteiger partial charge >= 0.3 is 0 Å². The SMILES string of the molecule is CN=C(NC)NCc1nn(C)cc1Cl. The lowest BCUT2D eigenvalue weighted by Crippen LogP contribution is -2.34. The van der Waals surface area contributed by atoms with Crippen molar-refractivity contribution in [1.82, 2.24) is 20.4 Å². The second kappa shape index (κ2) is 4.85. The molecule has 0 saturated carbocycles. The van der Waals surface area contributed by atoms with E-state index in [1.165, 1.54) is 0 Å². The van der Waals surface area contributed by atoms with Crippen LogP contribution in [0, 0.1) is 0 Å². The summed E-state index contributed by atoms with van der Waals surface area (Å²) < 4.78 is 1.68. The zero-order chi connectivity index (χ0) is 10.6. The van der Waals surface area contributed by atoms with Gasteiger partial charge in [-0.2, -0.15) is 5.10 Å². The summed E-state index contributed by atoms with van der Waals surface area (Å²) in [7, 11) is 5.34. The van der Waals surface area contributed by atoms with Crippen molar-refractivity contribution < 1.29 is 0 Å². The van der Waals surface area contributed by atoms with E-state index < -0.39 is 0 Å². The van der Waals surface area contributed by atoms with Gasteiger partial charge in [0.05, 0.1) is 11.6 Å². The minimum Gasteiger partial charge on any atom is -0.359 e. The Balaban J connectivity index is 2.57. The third-order valence-corrected chi connectivity index (χ3v) is 2.05. The summed E-state index contributed by atoms with van der Waals surface area (Å²) in [5.41, 5.74) is 0.811. The van der Waals surface area contributed by atoms with Gasteiger partial charge in [-0.15, -0.1) is 0 Å². The van der Waals surface area contributed by atoms with Crippen LogP contribution >= 0.6 is 11.6 Å². The van der Waals surface area contributed by atoms with E-state index in [1.54, 1.807) is 25.0 Å². The van der Waals surface area contributed by atoms with Gasteiger partial charge in [0, 0.05) is 27.3 Å². The predicted octanol–water partition coefficient (Wildman–Crippen LogP) is 0.368. The molecule has 2 N–H and O–H groups in total. The van der Waals surface area contributed by atoms with E-state index in [0.717, 1.165) is 5.69 Å². The van der Waals surface area contributed by atoms with Gasteiger partial charge in [-0.05, 0) is 0 Å². The van der Waals surface area contributed by atoms with Crippen molar-refractivity contribution in [3.63, 3.8) is 0 Å². The maximum atomic E-state index is 5.93. The summed E-state index contributed by atoms with van der Waals surface area (Å²) in [6, 6.07) is 0. The van der Waals surface area contributed by atoms with Crippen molar-refractivity contribution >= 4 is 17.6 Å². The fourth-order valence-corrected chi connectivity index (χ4v) is 1.32. The lowest BCUT2D eigenvalue weighted by Gasteiger charge is -2.06. The van der Waals surface area contributed by atoms with Gasteiger partial charge in [-0.3, -0.25) is 9.67 Å². The molecule has 0 fully saturated rings. The molecule has 0 bridgehead atoms. The smallest absolute Gasteiger partial charge is 0.191 e. The highest BCUT2D eigenvalue weighted by Gasteiger charge is 2.04. The van der Waals surface area contributed by atoms with E-state index in [0.29, 0.717) is 17.5 Å². The summed E-state index contributed by atoms with van der Waals surface area (Å²) in [6.07, 6.45) is 1.76. The number of aliphatic imine (C=N–C) groups is 1. The van der Waals surface area contributed by atoms with E-state index in [9.17, 15) is 0 Å². The molecule has 0 saturated heterocycles. The molecule has 1 aromatic rings. The number of nitrogens with one attached hydrogen (secondary N) is 2. The molecule has 0 aliphatic rings. The van der Waals surface area contributed by atoms with Crippen molar-refractivity contribution in [3.8, 4) is 0 Å². The van der Waals surface area contributed by atoms with E-state index in [2.05, 4.69) is 20.7 Å². The number of hydrogen-bond donors (Lipinski definition) is 2. The second-order valence-electron chi connectivity index (χ2n) is 2.77. The molecule has 0 aliphatic heterocycles. The molecule has 0 atom stereocenters. The van der Waals surface area contributed by atoms with Gasteiger partial charge in [0.15, 0.2) is 5.96 Å². The van der Waals surface area contributed by atoms with Crippen LogP contribution in [0.3, 0.4) is 0 Å². The van der Waals surface area contributed by atoms with Crippen LogP contribution < -0.4 is 10.6 Å². The van der Waals surface area contributed by atoms with Gasteiger partial charge in [-0.1, -0.05) is 11.6 Å². The zero-order valence-electron chi connectivity index (χ0n) is 8.50. The Hall–Kier alpha value is -1.23. The molecule has 1 heterocycles. The molecule has 5 nitrogen and oxygen atoms in total. The summed E-state index contributed by atoms with van der Waals surface area (Å²) in [6.45, 7) is 0.563. The Labute approximate surface area is 88.2 Å². The highest BCUT2D eigenvalue weighted by Crippen LogP contribution is 2.12. The molecule has 78 valence electrons. The first-order valence-corrected chi connectivity index (χ1v) is 4.61. The Morgan fingerprint density at radius 2 is 2.43 bits per heavy atom. The zero-order valence-corrected chi connectivity index (χ0v) is 9.26. The molecule has 1 aromatic heterocycles. The minimum atomic E-state index is 0.563. The summed E-state index contributed by atoms with van der Waals surface area (Å²) in [5, 5.41) is 10.8. The largest absolute Gasteiger partial charge is 0.359 e. The first-order valence-electron chi connectivity index (χ1n) is 4.23. The highest BCUT2D eigenvalue weighted by atomic mass is 35.5. The first-order chi connectivity index (χ1) is 6.67. The fraction of sp³-hybridized carbons (Fsp3) is 0.500. The van der Waals surface area contributed by atoms with Crippen LogP contribution in [0.5, 0.6) is 0 Å². The van der Waals surface area contributed by atoms with E-state index in [4.69, 9.17) is 11.6 Å². The van der Waals surface area contributed by atoms with Gasteiger partial charge < -0.3 is 10.6 Å². The van der Waals surface area contributed by atoms with Crippen molar-refractivity contribution in [2.24, 2.45) is 12.0 Å². The van der Waals surface area contributed by atoms with Crippen LogP contribution in [-0.2, 0) is 13.6 Å². The molecule has 1 rings (SSSR count). The summed E-state index contributed by atoms with van der Waals surface area (Å²) in [4.78, 5) is 3.97. The average Bonchev–Trinajstić information content (AvgIpc) is 2.47. The Bertz CT molecular complexity index is 330. The number of hydrogen-bond acceptors (Lipinski definition) is 2. The minimum absolute atomic E-state index is 0.563. The van der Waals surface area contributed by atoms with Crippen LogP contribution in [-0.4, -0.2) is 29.8 Å².